The van der Waals surface area contributed by atoms with E-state index in [9.17, 15) is 14.4 Å². The molecule has 7 nitrogen and oxygen atoms in total. The predicted octanol–water partition coefficient (Wildman–Crippen LogP) is 5.04. The van der Waals surface area contributed by atoms with Crippen molar-refractivity contribution in [3.8, 4) is 11.1 Å². The van der Waals surface area contributed by atoms with Gasteiger partial charge in [-0.3, -0.25) is 9.59 Å². The van der Waals surface area contributed by atoms with Crippen LogP contribution in [0.5, 0.6) is 0 Å². The van der Waals surface area contributed by atoms with Crippen molar-refractivity contribution < 1.29 is 24.2 Å². The highest BCUT2D eigenvalue weighted by atomic mass is 16.5. The molecule has 0 heterocycles. The molecule has 0 aromatic heterocycles. The van der Waals surface area contributed by atoms with Crippen molar-refractivity contribution in [3.63, 3.8) is 0 Å². The highest BCUT2D eigenvalue weighted by Crippen LogP contribution is 2.44. The number of hydrogen-bond acceptors (Lipinski definition) is 4. The Balaban J connectivity index is 1.68. The Kier molecular flexibility index (Phi) is 8.90. The lowest BCUT2D eigenvalue weighted by Gasteiger charge is -2.31. The molecule has 2 N–H and O–H groups in total. The first-order valence-electron chi connectivity index (χ1n) is 12.3. The van der Waals surface area contributed by atoms with Gasteiger partial charge in [-0.05, 0) is 54.9 Å². The van der Waals surface area contributed by atoms with Crippen LogP contribution >= 0.6 is 0 Å². The van der Waals surface area contributed by atoms with Gasteiger partial charge in [0.25, 0.3) is 0 Å². The topological polar surface area (TPSA) is 95.9 Å². The van der Waals surface area contributed by atoms with E-state index in [4.69, 9.17) is 9.84 Å². The van der Waals surface area contributed by atoms with Crippen LogP contribution in [0.4, 0.5) is 4.79 Å². The van der Waals surface area contributed by atoms with Crippen LogP contribution in [0.3, 0.4) is 0 Å². The zero-order chi connectivity index (χ0) is 25.5. The summed E-state index contributed by atoms with van der Waals surface area (Å²) in [5.74, 6) is -0.995. The summed E-state index contributed by atoms with van der Waals surface area (Å²) >= 11 is 0. The summed E-state index contributed by atoms with van der Waals surface area (Å²) in [6, 6.07) is 15.4. The van der Waals surface area contributed by atoms with E-state index in [2.05, 4.69) is 29.6 Å². The smallest absolute Gasteiger partial charge is 0.407 e. The molecule has 2 aromatic carbocycles. The van der Waals surface area contributed by atoms with Crippen molar-refractivity contribution in [3.05, 3.63) is 59.7 Å². The van der Waals surface area contributed by atoms with Crippen LogP contribution in [-0.4, -0.2) is 53.2 Å². The number of hydrogen-bond donors (Lipinski definition) is 2. The van der Waals surface area contributed by atoms with Crippen molar-refractivity contribution >= 4 is 18.0 Å². The number of rotatable bonds is 11. The van der Waals surface area contributed by atoms with E-state index < -0.39 is 18.1 Å². The Hall–Kier alpha value is -3.35. The third-order valence-electron chi connectivity index (χ3n) is 6.34. The van der Waals surface area contributed by atoms with E-state index in [0.29, 0.717) is 19.4 Å². The van der Waals surface area contributed by atoms with Crippen LogP contribution in [0, 0.1) is 5.92 Å². The molecule has 2 aromatic rings. The lowest BCUT2D eigenvalue weighted by Crippen LogP contribution is -2.51. The number of benzene rings is 2. The number of aliphatic carboxylic acids is 1. The monoisotopic (exact) mass is 480 g/mol. The van der Waals surface area contributed by atoms with Crippen LogP contribution in [0.15, 0.2) is 48.5 Å². The van der Waals surface area contributed by atoms with E-state index in [1.807, 2.05) is 52.0 Å². The second kappa shape index (κ2) is 11.9. The van der Waals surface area contributed by atoms with Crippen molar-refractivity contribution in [2.24, 2.45) is 5.92 Å². The molecule has 1 aliphatic carbocycles. The third kappa shape index (κ3) is 6.62. The molecule has 188 valence electrons. The molecule has 3 rings (SSSR count). The summed E-state index contributed by atoms with van der Waals surface area (Å²) in [5, 5.41) is 11.7. The van der Waals surface area contributed by atoms with Gasteiger partial charge >= 0.3 is 12.1 Å². The molecule has 1 aliphatic rings. The minimum Gasteiger partial charge on any atom is -0.481 e. The average Bonchev–Trinajstić information content (AvgIpc) is 3.13. The second-order valence-electron chi connectivity index (χ2n) is 9.77. The van der Waals surface area contributed by atoms with Crippen molar-refractivity contribution in [2.75, 3.05) is 13.2 Å². The molecule has 0 spiro atoms. The van der Waals surface area contributed by atoms with Gasteiger partial charge in [-0.25, -0.2) is 4.79 Å². The predicted molar refractivity (Wildman–Crippen MR) is 135 cm³/mol. The van der Waals surface area contributed by atoms with E-state index in [0.717, 1.165) is 22.3 Å². The van der Waals surface area contributed by atoms with Crippen LogP contribution < -0.4 is 5.32 Å². The quantitative estimate of drug-likeness (QED) is 0.470. The van der Waals surface area contributed by atoms with Gasteiger partial charge in [-0.15, -0.1) is 0 Å². The molecule has 0 fully saturated rings. The Bertz CT molecular complexity index is 1000. The normalized spacial score (nSPS) is 13.3. The van der Waals surface area contributed by atoms with Gasteiger partial charge in [-0.2, -0.15) is 0 Å². The molecule has 0 saturated carbocycles. The maximum absolute atomic E-state index is 13.3. The SMILES string of the molecule is CC(C)C[C@H](NC(=O)OCC1c2ccccc2-c2ccccc21)C(=O)N(CCCC(=O)O)C(C)C. The number of alkyl carbamates (subject to hydrolysis) is 1. The van der Waals surface area contributed by atoms with Crippen molar-refractivity contribution in [1.29, 1.82) is 0 Å². The van der Waals surface area contributed by atoms with Crippen LogP contribution in [-0.2, 0) is 14.3 Å². The maximum atomic E-state index is 13.3. The fourth-order valence-corrected chi connectivity index (χ4v) is 4.70. The highest BCUT2D eigenvalue weighted by Gasteiger charge is 2.31. The Morgan fingerprint density at radius 2 is 1.54 bits per heavy atom. The van der Waals surface area contributed by atoms with E-state index >= 15 is 0 Å². The van der Waals surface area contributed by atoms with Gasteiger partial charge in [0.1, 0.15) is 12.6 Å². The summed E-state index contributed by atoms with van der Waals surface area (Å²) in [5.41, 5.74) is 4.55. The largest absolute Gasteiger partial charge is 0.481 e. The summed E-state index contributed by atoms with van der Waals surface area (Å²) in [4.78, 5) is 38.7. The molecule has 0 bridgehead atoms. The minimum atomic E-state index is -0.892. The van der Waals surface area contributed by atoms with Gasteiger partial charge in [0, 0.05) is 24.9 Å². The van der Waals surface area contributed by atoms with Crippen LogP contribution in [0.1, 0.15) is 64.0 Å². The molecule has 2 amide bonds. The van der Waals surface area contributed by atoms with Crippen molar-refractivity contribution in [1.82, 2.24) is 10.2 Å². The maximum Gasteiger partial charge on any atom is 0.407 e. The fourth-order valence-electron chi connectivity index (χ4n) is 4.70. The van der Waals surface area contributed by atoms with Gasteiger partial charge in [0.05, 0.1) is 0 Å². The second-order valence-corrected chi connectivity index (χ2v) is 9.77. The first kappa shape index (κ1) is 26.3. The third-order valence-corrected chi connectivity index (χ3v) is 6.34. The zero-order valence-corrected chi connectivity index (χ0v) is 21.0. The number of amides is 2. The summed E-state index contributed by atoms with van der Waals surface area (Å²) in [6.45, 7) is 8.25. The number of ether oxygens (including phenoxy) is 1. The minimum absolute atomic E-state index is 0.00878. The first-order valence-corrected chi connectivity index (χ1v) is 12.3. The van der Waals surface area contributed by atoms with Crippen LogP contribution in [0.25, 0.3) is 11.1 Å². The molecule has 0 aliphatic heterocycles. The highest BCUT2D eigenvalue weighted by molar-refractivity contribution is 5.86. The lowest BCUT2D eigenvalue weighted by atomic mass is 9.98. The molecule has 0 radical (unpaired) electrons. The van der Waals surface area contributed by atoms with Gasteiger partial charge in [-0.1, -0.05) is 62.4 Å². The number of carboxylic acids is 1. The fraction of sp³-hybridized carbons (Fsp3) is 0.464. The van der Waals surface area contributed by atoms with E-state index in [1.54, 1.807) is 4.90 Å². The summed E-state index contributed by atoms with van der Waals surface area (Å²) in [6.07, 6.45) is 0.190. The lowest BCUT2D eigenvalue weighted by molar-refractivity contribution is -0.139. The molecular weight excluding hydrogens is 444 g/mol. The number of nitrogens with one attached hydrogen (secondary N) is 1. The van der Waals surface area contributed by atoms with Gasteiger partial charge in [0.15, 0.2) is 0 Å². The van der Waals surface area contributed by atoms with E-state index in [-0.39, 0.29) is 36.8 Å². The number of carbonyl (C=O) groups excluding carboxylic acids is 2. The molecule has 35 heavy (non-hydrogen) atoms. The Labute approximate surface area is 207 Å². The molecule has 1 atom stereocenters. The van der Waals surface area contributed by atoms with Gasteiger partial charge in [0.2, 0.25) is 5.91 Å². The molecular formula is C28H36N2O5. The standard InChI is InChI=1S/C28H36N2O5/c1-18(2)16-25(27(33)30(19(3)4)15-9-14-26(31)32)29-28(34)35-17-24-22-12-7-5-10-20(22)21-11-6-8-13-23(21)24/h5-8,10-13,18-19,24-25H,9,14-17H2,1-4H3,(H,29,34)(H,31,32)/t25-/m0/s1. The molecule has 0 saturated heterocycles. The van der Waals surface area contributed by atoms with Crippen LogP contribution in [0.2, 0.25) is 0 Å². The number of carbonyl (C=O) groups is 3. The first-order chi connectivity index (χ1) is 16.7. The molecule has 0 unspecified atom stereocenters. The Morgan fingerprint density at radius 3 is 2.06 bits per heavy atom. The molecule has 7 heteroatoms. The number of fused-ring (bicyclic) bond motifs is 3. The summed E-state index contributed by atoms with van der Waals surface area (Å²) in [7, 11) is 0. The Morgan fingerprint density at radius 1 is 0.971 bits per heavy atom. The van der Waals surface area contributed by atoms with Gasteiger partial charge < -0.3 is 20.1 Å². The summed E-state index contributed by atoms with van der Waals surface area (Å²) < 4.78 is 5.66. The number of nitrogens with zero attached hydrogens (tertiary/aromatic N) is 1. The van der Waals surface area contributed by atoms with E-state index in [1.165, 1.54) is 0 Å². The zero-order valence-electron chi connectivity index (χ0n) is 21.0. The number of carboxylic acid groups (broad SMARTS) is 1. The van der Waals surface area contributed by atoms with Crippen molar-refractivity contribution in [2.45, 2.75) is 65.0 Å². The average molecular weight is 481 g/mol.